The Hall–Kier alpha value is -1.33. The van der Waals surface area contributed by atoms with Gasteiger partial charge in [-0.1, -0.05) is 28.9 Å². The van der Waals surface area contributed by atoms with Gasteiger partial charge in [0.15, 0.2) is 6.61 Å². The second kappa shape index (κ2) is 7.97. The van der Waals surface area contributed by atoms with Crippen LogP contribution in [-0.4, -0.2) is 12.5 Å². The molecular formula is C18H19Br2NO2. The van der Waals surface area contributed by atoms with E-state index in [4.69, 9.17) is 4.74 Å². The molecule has 122 valence electrons. The molecule has 0 saturated heterocycles. The van der Waals surface area contributed by atoms with Crippen LogP contribution in [0.2, 0.25) is 0 Å². The first kappa shape index (κ1) is 18.0. The van der Waals surface area contributed by atoms with Crippen molar-refractivity contribution in [2.75, 3.05) is 11.9 Å². The van der Waals surface area contributed by atoms with Crippen LogP contribution in [-0.2, 0) is 11.2 Å². The number of carbonyl (C=O) groups is 1. The molecule has 3 nitrogen and oxygen atoms in total. The lowest BCUT2D eigenvalue weighted by Gasteiger charge is -2.13. The number of hydrogen-bond donors (Lipinski definition) is 1. The van der Waals surface area contributed by atoms with Gasteiger partial charge in [0, 0.05) is 8.95 Å². The first-order chi connectivity index (χ1) is 10.9. The number of ether oxygens (including phenoxy) is 1. The van der Waals surface area contributed by atoms with Gasteiger partial charge < -0.3 is 10.1 Å². The van der Waals surface area contributed by atoms with Crippen molar-refractivity contribution >= 4 is 43.5 Å². The highest BCUT2D eigenvalue weighted by Crippen LogP contribution is 2.27. The predicted octanol–water partition coefficient (Wildman–Crippen LogP) is 5.41. The zero-order valence-corrected chi connectivity index (χ0v) is 16.5. The number of rotatable bonds is 5. The minimum Gasteiger partial charge on any atom is -0.483 e. The molecule has 2 aromatic carbocycles. The summed E-state index contributed by atoms with van der Waals surface area (Å²) in [6, 6.07) is 9.86. The molecule has 5 heteroatoms. The number of nitrogens with one attached hydrogen (secondary N) is 1. The fourth-order valence-electron chi connectivity index (χ4n) is 2.33. The topological polar surface area (TPSA) is 38.3 Å². The van der Waals surface area contributed by atoms with E-state index >= 15 is 0 Å². The molecule has 2 aromatic rings. The average molecular weight is 441 g/mol. The Labute approximate surface area is 153 Å². The Morgan fingerprint density at radius 1 is 1.13 bits per heavy atom. The molecule has 0 spiro atoms. The minimum absolute atomic E-state index is 0.0225. The van der Waals surface area contributed by atoms with Crippen molar-refractivity contribution in [3.05, 3.63) is 56.0 Å². The summed E-state index contributed by atoms with van der Waals surface area (Å²) in [5, 5.41) is 2.86. The monoisotopic (exact) mass is 439 g/mol. The SMILES string of the molecule is CCc1ccc(NC(=O)COc2c(C)cc(Br)cc2C)c(Br)c1. The first-order valence-electron chi connectivity index (χ1n) is 7.38. The molecule has 0 heterocycles. The normalized spacial score (nSPS) is 10.5. The average Bonchev–Trinajstić information content (AvgIpc) is 2.48. The van der Waals surface area contributed by atoms with Gasteiger partial charge in [0.05, 0.1) is 5.69 Å². The minimum atomic E-state index is -0.184. The molecule has 1 N–H and O–H groups in total. The number of hydrogen-bond acceptors (Lipinski definition) is 2. The molecule has 0 saturated carbocycles. The highest BCUT2D eigenvalue weighted by atomic mass is 79.9. The zero-order valence-electron chi connectivity index (χ0n) is 13.4. The smallest absolute Gasteiger partial charge is 0.262 e. The zero-order chi connectivity index (χ0) is 17.0. The molecule has 23 heavy (non-hydrogen) atoms. The quantitative estimate of drug-likeness (QED) is 0.675. The lowest BCUT2D eigenvalue weighted by atomic mass is 10.1. The largest absolute Gasteiger partial charge is 0.483 e. The Bertz CT molecular complexity index is 706. The summed E-state index contributed by atoms with van der Waals surface area (Å²) in [5.41, 5.74) is 3.96. The summed E-state index contributed by atoms with van der Waals surface area (Å²) in [5.74, 6) is 0.570. The van der Waals surface area contributed by atoms with Crippen molar-refractivity contribution in [1.29, 1.82) is 0 Å². The molecule has 0 unspecified atom stereocenters. The maximum absolute atomic E-state index is 12.1. The fraction of sp³-hybridized carbons (Fsp3) is 0.278. The van der Waals surface area contributed by atoms with Crippen LogP contribution >= 0.6 is 31.9 Å². The Balaban J connectivity index is 2.01. The van der Waals surface area contributed by atoms with Crippen LogP contribution in [0.25, 0.3) is 0 Å². The maximum atomic E-state index is 12.1. The van der Waals surface area contributed by atoms with Gasteiger partial charge in [0.1, 0.15) is 5.75 Å². The van der Waals surface area contributed by atoms with E-state index < -0.39 is 0 Å². The van der Waals surface area contributed by atoms with Gasteiger partial charge in [-0.2, -0.15) is 0 Å². The molecule has 0 radical (unpaired) electrons. The van der Waals surface area contributed by atoms with Gasteiger partial charge in [-0.3, -0.25) is 4.79 Å². The number of carbonyl (C=O) groups excluding carboxylic acids is 1. The van der Waals surface area contributed by atoms with Crippen LogP contribution < -0.4 is 10.1 Å². The van der Waals surface area contributed by atoms with E-state index in [2.05, 4.69) is 44.1 Å². The summed E-state index contributed by atoms with van der Waals surface area (Å²) in [7, 11) is 0. The highest BCUT2D eigenvalue weighted by Gasteiger charge is 2.10. The van der Waals surface area contributed by atoms with Crippen LogP contribution in [0.4, 0.5) is 5.69 Å². The van der Waals surface area contributed by atoms with Gasteiger partial charge >= 0.3 is 0 Å². The lowest BCUT2D eigenvalue weighted by molar-refractivity contribution is -0.118. The van der Waals surface area contributed by atoms with Crippen molar-refractivity contribution in [3.8, 4) is 5.75 Å². The standard InChI is InChI=1S/C18H19Br2NO2/c1-4-13-5-6-16(15(20)9-13)21-17(22)10-23-18-11(2)7-14(19)8-12(18)3/h5-9H,4,10H2,1-3H3,(H,21,22). The van der Waals surface area contributed by atoms with Crippen LogP contribution in [0.3, 0.4) is 0 Å². The van der Waals surface area contributed by atoms with E-state index in [0.29, 0.717) is 0 Å². The van der Waals surface area contributed by atoms with Crippen LogP contribution in [0, 0.1) is 13.8 Å². The van der Waals surface area contributed by atoms with Gasteiger partial charge in [0.25, 0.3) is 5.91 Å². The summed E-state index contributed by atoms with van der Waals surface area (Å²) in [4.78, 5) is 12.1. The second-order valence-electron chi connectivity index (χ2n) is 5.37. The van der Waals surface area contributed by atoms with Crippen molar-refractivity contribution < 1.29 is 9.53 Å². The van der Waals surface area contributed by atoms with E-state index in [0.717, 1.165) is 37.9 Å². The fourth-order valence-corrected chi connectivity index (χ4v) is 3.54. The van der Waals surface area contributed by atoms with Crippen LogP contribution in [0.1, 0.15) is 23.6 Å². The van der Waals surface area contributed by atoms with E-state index in [1.54, 1.807) is 0 Å². The summed E-state index contributed by atoms with van der Waals surface area (Å²) in [6.07, 6.45) is 0.956. The van der Waals surface area contributed by atoms with Gasteiger partial charge in [0.2, 0.25) is 0 Å². The summed E-state index contributed by atoms with van der Waals surface area (Å²) >= 11 is 6.93. The van der Waals surface area contributed by atoms with Gasteiger partial charge in [-0.15, -0.1) is 0 Å². The molecule has 0 atom stereocenters. The molecular weight excluding hydrogens is 422 g/mol. The Morgan fingerprint density at radius 3 is 2.35 bits per heavy atom. The summed E-state index contributed by atoms with van der Waals surface area (Å²) in [6.45, 7) is 6.00. The number of anilines is 1. The van der Waals surface area contributed by atoms with Crippen molar-refractivity contribution in [3.63, 3.8) is 0 Å². The molecule has 0 bridgehead atoms. The lowest BCUT2D eigenvalue weighted by Crippen LogP contribution is -2.21. The van der Waals surface area contributed by atoms with Crippen molar-refractivity contribution in [2.45, 2.75) is 27.2 Å². The third kappa shape index (κ3) is 4.82. The van der Waals surface area contributed by atoms with Gasteiger partial charge in [-0.05, 0) is 77.2 Å². The second-order valence-corrected chi connectivity index (χ2v) is 7.14. The predicted molar refractivity (Wildman–Crippen MR) is 101 cm³/mol. The maximum Gasteiger partial charge on any atom is 0.262 e. The molecule has 0 fully saturated rings. The molecule has 0 aliphatic rings. The van der Waals surface area contributed by atoms with Crippen molar-refractivity contribution in [1.82, 2.24) is 0 Å². The molecule has 2 rings (SSSR count). The summed E-state index contributed by atoms with van der Waals surface area (Å²) < 4.78 is 7.57. The van der Waals surface area contributed by atoms with Crippen LogP contribution in [0.15, 0.2) is 39.3 Å². The molecule has 1 amide bonds. The number of halogens is 2. The van der Waals surface area contributed by atoms with E-state index in [-0.39, 0.29) is 12.5 Å². The van der Waals surface area contributed by atoms with Crippen molar-refractivity contribution in [2.24, 2.45) is 0 Å². The first-order valence-corrected chi connectivity index (χ1v) is 8.97. The highest BCUT2D eigenvalue weighted by molar-refractivity contribution is 9.10. The number of aryl methyl sites for hydroxylation is 3. The third-order valence-electron chi connectivity index (χ3n) is 3.49. The molecule has 0 aliphatic heterocycles. The number of amides is 1. The Morgan fingerprint density at radius 2 is 1.78 bits per heavy atom. The van der Waals surface area contributed by atoms with Crippen LogP contribution in [0.5, 0.6) is 5.75 Å². The molecule has 0 aromatic heterocycles. The molecule has 0 aliphatic carbocycles. The van der Waals surface area contributed by atoms with E-state index in [1.807, 2.05) is 44.2 Å². The third-order valence-corrected chi connectivity index (χ3v) is 4.60. The Kier molecular flexibility index (Phi) is 6.25. The van der Waals surface area contributed by atoms with Gasteiger partial charge in [-0.25, -0.2) is 0 Å². The van der Waals surface area contributed by atoms with E-state index in [1.165, 1.54) is 5.56 Å². The number of benzene rings is 2. The van der Waals surface area contributed by atoms with E-state index in [9.17, 15) is 4.79 Å².